The lowest BCUT2D eigenvalue weighted by atomic mass is 10.0. The van der Waals surface area contributed by atoms with Gasteiger partial charge in [-0.15, -0.1) is 0 Å². The summed E-state index contributed by atoms with van der Waals surface area (Å²) in [6.07, 6.45) is 1.63. The Morgan fingerprint density at radius 2 is 2.25 bits per heavy atom. The molecule has 1 N–H and O–H groups in total. The molecule has 0 radical (unpaired) electrons. The van der Waals surface area contributed by atoms with E-state index in [4.69, 9.17) is 9.26 Å². The highest BCUT2D eigenvalue weighted by molar-refractivity contribution is 5.76. The Hall–Kier alpha value is -3.10. The van der Waals surface area contributed by atoms with Gasteiger partial charge in [0, 0.05) is 55.7 Å². The Morgan fingerprint density at radius 3 is 3.07 bits per heavy atom. The third kappa shape index (κ3) is 3.64. The first-order valence-electron chi connectivity index (χ1n) is 9.49. The van der Waals surface area contributed by atoms with Crippen molar-refractivity contribution in [2.45, 2.75) is 39.0 Å². The SMILES string of the molecule is CCOc1cc(CCC(=O)N2CC[C@H](c3cc(=O)n4[nH]c(C)cc4n3)C2)on1. The van der Waals surface area contributed by atoms with Crippen LogP contribution in [0.5, 0.6) is 5.88 Å². The molecule has 1 amide bonds. The maximum atomic E-state index is 12.6. The van der Waals surface area contributed by atoms with Crippen molar-refractivity contribution in [3.8, 4) is 5.88 Å². The largest absolute Gasteiger partial charge is 0.476 e. The van der Waals surface area contributed by atoms with Gasteiger partial charge in [-0.1, -0.05) is 0 Å². The van der Waals surface area contributed by atoms with Crippen molar-refractivity contribution in [1.82, 2.24) is 24.7 Å². The molecule has 3 aromatic rings. The van der Waals surface area contributed by atoms with E-state index >= 15 is 0 Å². The fraction of sp³-hybridized carbons (Fsp3) is 0.474. The van der Waals surface area contributed by atoms with E-state index in [-0.39, 0.29) is 17.4 Å². The fourth-order valence-corrected chi connectivity index (χ4v) is 3.58. The summed E-state index contributed by atoms with van der Waals surface area (Å²) in [6.45, 7) is 5.52. The van der Waals surface area contributed by atoms with Gasteiger partial charge in [0.1, 0.15) is 5.76 Å². The minimum Gasteiger partial charge on any atom is -0.476 e. The van der Waals surface area contributed by atoms with Crippen LogP contribution >= 0.6 is 0 Å². The first-order chi connectivity index (χ1) is 13.5. The highest BCUT2D eigenvalue weighted by Crippen LogP contribution is 2.26. The number of aryl methyl sites for hydroxylation is 2. The van der Waals surface area contributed by atoms with E-state index in [0.29, 0.717) is 49.8 Å². The average molecular weight is 385 g/mol. The van der Waals surface area contributed by atoms with Crippen LogP contribution in [0.1, 0.15) is 42.8 Å². The van der Waals surface area contributed by atoms with E-state index in [2.05, 4.69) is 15.2 Å². The van der Waals surface area contributed by atoms with E-state index in [1.807, 2.05) is 24.8 Å². The maximum Gasteiger partial charge on any atom is 0.272 e. The van der Waals surface area contributed by atoms with Crippen LogP contribution in [0.2, 0.25) is 0 Å². The van der Waals surface area contributed by atoms with Crippen LogP contribution in [0.25, 0.3) is 5.65 Å². The fourth-order valence-electron chi connectivity index (χ4n) is 3.58. The van der Waals surface area contributed by atoms with Crippen LogP contribution < -0.4 is 10.3 Å². The van der Waals surface area contributed by atoms with Crippen LogP contribution in [0.15, 0.2) is 27.5 Å². The second kappa shape index (κ2) is 7.49. The zero-order chi connectivity index (χ0) is 19.7. The number of likely N-dealkylation sites (tertiary alicyclic amines) is 1. The van der Waals surface area contributed by atoms with Gasteiger partial charge in [0.2, 0.25) is 5.91 Å². The molecule has 1 saturated heterocycles. The zero-order valence-electron chi connectivity index (χ0n) is 16.0. The number of aromatic amines is 1. The van der Waals surface area contributed by atoms with Gasteiger partial charge in [0.15, 0.2) is 5.65 Å². The highest BCUT2D eigenvalue weighted by Gasteiger charge is 2.28. The Kier molecular flexibility index (Phi) is 4.89. The van der Waals surface area contributed by atoms with Crippen molar-refractivity contribution >= 4 is 11.6 Å². The molecule has 9 heteroatoms. The second-order valence-corrected chi connectivity index (χ2v) is 7.04. The van der Waals surface area contributed by atoms with E-state index in [0.717, 1.165) is 17.8 Å². The number of nitrogens with zero attached hydrogens (tertiary/aromatic N) is 4. The molecule has 1 aliphatic heterocycles. The lowest BCUT2D eigenvalue weighted by Crippen LogP contribution is -2.29. The van der Waals surface area contributed by atoms with Gasteiger partial charge in [0.05, 0.1) is 12.3 Å². The number of carbonyl (C=O) groups excluding carboxylic acids is 1. The summed E-state index contributed by atoms with van der Waals surface area (Å²) >= 11 is 0. The van der Waals surface area contributed by atoms with Gasteiger partial charge in [0.25, 0.3) is 11.4 Å². The predicted molar refractivity (Wildman–Crippen MR) is 100 cm³/mol. The van der Waals surface area contributed by atoms with Crippen molar-refractivity contribution in [3.05, 3.63) is 45.7 Å². The summed E-state index contributed by atoms with van der Waals surface area (Å²) in [6, 6.07) is 5.12. The first-order valence-corrected chi connectivity index (χ1v) is 9.49. The number of hydrogen-bond donors (Lipinski definition) is 1. The van der Waals surface area contributed by atoms with Crippen LogP contribution in [0.3, 0.4) is 0 Å². The average Bonchev–Trinajstić information content (AvgIpc) is 3.39. The number of aromatic nitrogens is 4. The van der Waals surface area contributed by atoms with Gasteiger partial charge in [-0.05, 0) is 25.4 Å². The van der Waals surface area contributed by atoms with Gasteiger partial charge < -0.3 is 14.2 Å². The molecule has 4 rings (SSSR count). The number of fused-ring (bicyclic) bond motifs is 1. The topological polar surface area (TPSA) is 106 Å². The van der Waals surface area contributed by atoms with Gasteiger partial charge in [-0.2, -0.15) is 0 Å². The van der Waals surface area contributed by atoms with Gasteiger partial charge in [-0.25, -0.2) is 9.50 Å². The van der Waals surface area contributed by atoms with Crippen molar-refractivity contribution < 1.29 is 14.1 Å². The molecule has 148 valence electrons. The van der Waals surface area contributed by atoms with Crippen molar-refractivity contribution in [2.24, 2.45) is 0 Å². The van der Waals surface area contributed by atoms with Gasteiger partial charge >= 0.3 is 0 Å². The summed E-state index contributed by atoms with van der Waals surface area (Å²) < 4.78 is 11.9. The van der Waals surface area contributed by atoms with Crippen molar-refractivity contribution in [2.75, 3.05) is 19.7 Å². The van der Waals surface area contributed by atoms with E-state index < -0.39 is 0 Å². The van der Waals surface area contributed by atoms with Crippen LogP contribution in [0, 0.1) is 6.92 Å². The summed E-state index contributed by atoms with van der Waals surface area (Å²) in [7, 11) is 0. The van der Waals surface area contributed by atoms with E-state index in [1.165, 1.54) is 4.52 Å². The molecule has 28 heavy (non-hydrogen) atoms. The number of amides is 1. The lowest BCUT2D eigenvalue weighted by molar-refractivity contribution is -0.130. The summed E-state index contributed by atoms with van der Waals surface area (Å²) in [5.74, 6) is 1.22. The predicted octanol–water partition coefficient (Wildman–Crippen LogP) is 1.67. The number of carbonyl (C=O) groups is 1. The number of nitrogens with one attached hydrogen (secondary N) is 1. The van der Waals surface area contributed by atoms with Crippen LogP contribution in [-0.2, 0) is 11.2 Å². The van der Waals surface area contributed by atoms with E-state index in [9.17, 15) is 9.59 Å². The minimum absolute atomic E-state index is 0.0622. The molecule has 9 nitrogen and oxygen atoms in total. The Morgan fingerprint density at radius 1 is 1.39 bits per heavy atom. The molecule has 0 bridgehead atoms. The molecule has 0 aromatic carbocycles. The Bertz CT molecular complexity index is 1050. The molecule has 0 saturated carbocycles. The van der Waals surface area contributed by atoms with Crippen LogP contribution in [0.4, 0.5) is 0 Å². The maximum absolute atomic E-state index is 12.6. The summed E-state index contributed by atoms with van der Waals surface area (Å²) in [5.41, 5.74) is 2.11. The van der Waals surface area contributed by atoms with Crippen molar-refractivity contribution in [1.29, 1.82) is 0 Å². The number of rotatable bonds is 6. The standard InChI is InChI=1S/C19H23N5O4/c1-3-27-17-9-14(28-22-17)4-5-18(25)23-7-6-13(11-23)15-10-19(26)24-16(20-15)8-12(2)21-24/h8-10,13,21H,3-7,11H2,1-2H3/t13-/m0/s1. The smallest absolute Gasteiger partial charge is 0.272 e. The number of hydrogen-bond acceptors (Lipinski definition) is 6. The first kappa shape index (κ1) is 18.3. The monoisotopic (exact) mass is 385 g/mol. The molecule has 0 unspecified atom stereocenters. The Balaban J connectivity index is 1.38. The Labute approximate surface area is 161 Å². The molecule has 0 aliphatic carbocycles. The number of H-pyrrole nitrogens is 1. The normalized spacial score (nSPS) is 16.8. The third-order valence-corrected chi connectivity index (χ3v) is 4.97. The second-order valence-electron chi connectivity index (χ2n) is 7.04. The lowest BCUT2D eigenvalue weighted by Gasteiger charge is -2.16. The van der Waals surface area contributed by atoms with Crippen LogP contribution in [-0.4, -0.2) is 50.3 Å². The molecular weight excluding hydrogens is 362 g/mol. The summed E-state index contributed by atoms with van der Waals surface area (Å²) in [4.78, 5) is 31.3. The van der Waals surface area contributed by atoms with E-state index in [1.54, 1.807) is 12.1 Å². The molecule has 4 heterocycles. The molecule has 1 aliphatic rings. The quantitative estimate of drug-likeness (QED) is 0.692. The molecule has 0 spiro atoms. The highest BCUT2D eigenvalue weighted by atomic mass is 16.5. The number of ether oxygens (including phenoxy) is 1. The molecule has 3 aromatic heterocycles. The third-order valence-electron chi connectivity index (χ3n) is 4.97. The minimum atomic E-state index is -0.131. The van der Waals surface area contributed by atoms with Gasteiger partial charge in [-0.3, -0.25) is 14.7 Å². The van der Waals surface area contributed by atoms with Crippen molar-refractivity contribution in [3.63, 3.8) is 0 Å². The molecule has 1 fully saturated rings. The molecule has 1 atom stereocenters. The molecular formula is C19H23N5O4. The zero-order valence-corrected chi connectivity index (χ0v) is 16.0. The summed E-state index contributed by atoms with van der Waals surface area (Å²) in [5, 5.41) is 6.77.